The molecule has 0 bridgehead atoms. The number of carbonyl (C=O) groups is 1. The van der Waals surface area contributed by atoms with Gasteiger partial charge in [-0.25, -0.2) is 4.98 Å². The maximum atomic E-state index is 11.9. The van der Waals surface area contributed by atoms with Crippen molar-refractivity contribution in [3.63, 3.8) is 0 Å². The molecule has 0 aliphatic carbocycles. The lowest BCUT2D eigenvalue weighted by atomic mass is 10.1. The quantitative estimate of drug-likeness (QED) is 0.574. The van der Waals surface area contributed by atoms with E-state index in [9.17, 15) is 4.79 Å². The molecule has 0 aliphatic rings. The topological polar surface area (TPSA) is 80.5 Å². The summed E-state index contributed by atoms with van der Waals surface area (Å²) in [6.07, 6.45) is 0.823. The summed E-state index contributed by atoms with van der Waals surface area (Å²) in [7, 11) is 3.44. The lowest BCUT2D eigenvalue weighted by Crippen LogP contribution is -2.40. The SMILES string of the molecule is COc1ccc(-c2cc(NCCCN(C)C(=O)[C@H](C)N)c3ccccc3n2)cc1. The van der Waals surface area contributed by atoms with E-state index in [0.29, 0.717) is 6.54 Å². The number of pyridine rings is 1. The zero-order valence-electron chi connectivity index (χ0n) is 17.2. The molecule has 3 rings (SSSR count). The molecule has 3 N–H and O–H groups in total. The van der Waals surface area contributed by atoms with Gasteiger partial charge in [-0.1, -0.05) is 18.2 Å². The zero-order valence-corrected chi connectivity index (χ0v) is 17.2. The molecule has 0 aliphatic heterocycles. The molecule has 0 spiro atoms. The van der Waals surface area contributed by atoms with Crippen LogP contribution in [-0.2, 0) is 4.79 Å². The second-order valence-corrected chi connectivity index (χ2v) is 7.13. The smallest absolute Gasteiger partial charge is 0.238 e. The summed E-state index contributed by atoms with van der Waals surface area (Å²) in [6.45, 7) is 3.11. The summed E-state index contributed by atoms with van der Waals surface area (Å²) >= 11 is 0. The number of likely N-dealkylation sites (N-methyl/N-ethyl adjacent to an activating group) is 1. The molecule has 6 heteroatoms. The number of rotatable bonds is 8. The van der Waals surface area contributed by atoms with Crippen molar-refractivity contribution in [1.29, 1.82) is 0 Å². The molecule has 152 valence electrons. The van der Waals surface area contributed by atoms with Gasteiger partial charge in [0.15, 0.2) is 0 Å². The molecular formula is C23H28N4O2. The normalized spacial score (nSPS) is 11.9. The molecule has 1 aromatic heterocycles. The molecule has 0 saturated heterocycles. The molecule has 0 unspecified atom stereocenters. The van der Waals surface area contributed by atoms with E-state index in [1.54, 1.807) is 26.0 Å². The Morgan fingerprint density at radius 2 is 1.93 bits per heavy atom. The predicted molar refractivity (Wildman–Crippen MR) is 118 cm³/mol. The number of nitrogens with zero attached hydrogens (tertiary/aromatic N) is 2. The van der Waals surface area contributed by atoms with Crippen LogP contribution in [0.3, 0.4) is 0 Å². The van der Waals surface area contributed by atoms with E-state index in [1.165, 1.54) is 0 Å². The van der Waals surface area contributed by atoms with Crippen LogP contribution in [0.25, 0.3) is 22.2 Å². The third kappa shape index (κ3) is 5.03. The molecule has 1 atom stereocenters. The number of methoxy groups -OCH3 is 1. The number of nitrogens with one attached hydrogen (secondary N) is 1. The summed E-state index contributed by atoms with van der Waals surface area (Å²) in [4.78, 5) is 18.4. The third-order valence-electron chi connectivity index (χ3n) is 4.85. The van der Waals surface area contributed by atoms with Crippen molar-refractivity contribution in [3.05, 3.63) is 54.6 Å². The summed E-state index contributed by atoms with van der Waals surface area (Å²) in [5, 5.41) is 4.58. The average molecular weight is 393 g/mol. The van der Waals surface area contributed by atoms with Crippen LogP contribution in [-0.4, -0.2) is 49.1 Å². The summed E-state index contributed by atoms with van der Waals surface area (Å²) in [6, 6.07) is 17.6. The number of amides is 1. The highest BCUT2D eigenvalue weighted by Crippen LogP contribution is 2.29. The van der Waals surface area contributed by atoms with Crippen LogP contribution in [0.1, 0.15) is 13.3 Å². The van der Waals surface area contributed by atoms with Crippen LogP contribution in [0.4, 0.5) is 5.69 Å². The average Bonchev–Trinajstić information content (AvgIpc) is 2.75. The number of benzene rings is 2. The number of nitrogens with two attached hydrogens (primary N) is 1. The molecule has 3 aromatic rings. The minimum atomic E-state index is -0.468. The molecule has 1 heterocycles. The highest BCUT2D eigenvalue weighted by atomic mass is 16.5. The maximum absolute atomic E-state index is 11.9. The van der Waals surface area contributed by atoms with E-state index in [-0.39, 0.29) is 5.91 Å². The van der Waals surface area contributed by atoms with Crippen molar-refractivity contribution in [2.75, 3.05) is 32.6 Å². The lowest BCUT2D eigenvalue weighted by Gasteiger charge is -2.19. The van der Waals surface area contributed by atoms with Crippen molar-refractivity contribution in [2.45, 2.75) is 19.4 Å². The highest BCUT2D eigenvalue weighted by molar-refractivity contribution is 5.93. The number of hydrogen-bond donors (Lipinski definition) is 2. The van der Waals surface area contributed by atoms with Gasteiger partial charge >= 0.3 is 0 Å². The molecule has 2 aromatic carbocycles. The first-order valence-electron chi connectivity index (χ1n) is 9.78. The monoisotopic (exact) mass is 392 g/mol. The molecule has 6 nitrogen and oxygen atoms in total. The number of aromatic nitrogens is 1. The minimum Gasteiger partial charge on any atom is -0.497 e. The van der Waals surface area contributed by atoms with E-state index in [0.717, 1.165) is 46.6 Å². The molecule has 0 fully saturated rings. The third-order valence-corrected chi connectivity index (χ3v) is 4.85. The Hall–Kier alpha value is -3.12. The van der Waals surface area contributed by atoms with Gasteiger partial charge in [0.1, 0.15) is 5.75 Å². The number of fused-ring (bicyclic) bond motifs is 1. The summed E-state index contributed by atoms with van der Waals surface area (Å²) in [5.74, 6) is 0.777. The first-order valence-corrected chi connectivity index (χ1v) is 9.78. The van der Waals surface area contributed by atoms with Crippen LogP contribution in [0, 0.1) is 0 Å². The number of anilines is 1. The zero-order chi connectivity index (χ0) is 20.8. The van der Waals surface area contributed by atoms with Crippen molar-refractivity contribution < 1.29 is 9.53 Å². The van der Waals surface area contributed by atoms with Crippen LogP contribution < -0.4 is 15.8 Å². The Morgan fingerprint density at radius 3 is 2.62 bits per heavy atom. The lowest BCUT2D eigenvalue weighted by molar-refractivity contribution is -0.130. The second kappa shape index (κ2) is 9.39. The van der Waals surface area contributed by atoms with Gasteiger partial charge in [0, 0.05) is 36.8 Å². The Morgan fingerprint density at radius 1 is 1.21 bits per heavy atom. The molecule has 0 radical (unpaired) electrons. The highest BCUT2D eigenvalue weighted by Gasteiger charge is 2.13. The standard InChI is InChI=1S/C23H28N4O2/c1-16(24)23(28)27(2)14-6-13-25-22-15-21(17-9-11-18(29-3)12-10-17)26-20-8-5-4-7-19(20)22/h4-5,7-12,15-16H,6,13-14,24H2,1-3H3,(H,25,26)/t16-/m0/s1. The fourth-order valence-electron chi connectivity index (χ4n) is 3.23. The van der Waals surface area contributed by atoms with Gasteiger partial charge in [0.05, 0.1) is 24.4 Å². The number of para-hydroxylation sites is 1. The van der Waals surface area contributed by atoms with E-state index in [2.05, 4.69) is 17.4 Å². The van der Waals surface area contributed by atoms with Crippen molar-refractivity contribution >= 4 is 22.5 Å². The van der Waals surface area contributed by atoms with E-state index >= 15 is 0 Å². The molecule has 1 amide bonds. The van der Waals surface area contributed by atoms with Gasteiger partial charge in [0.2, 0.25) is 5.91 Å². The Kier molecular flexibility index (Phi) is 6.67. The van der Waals surface area contributed by atoms with Gasteiger partial charge in [-0.15, -0.1) is 0 Å². The fraction of sp³-hybridized carbons (Fsp3) is 0.304. The van der Waals surface area contributed by atoms with Crippen LogP contribution in [0.5, 0.6) is 5.75 Å². The first-order chi connectivity index (χ1) is 14.0. The maximum Gasteiger partial charge on any atom is 0.238 e. The number of ether oxygens (including phenoxy) is 1. The van der Waals surface area contributed by atoms with E-state index in [4.69, 9.17) is 15.5 Å². The van der Waals surface area contributed by atoms with E-state index < -0.39 is 6.04 Å². The predicted octanol–water partition coefficient (Wildman–Crippen LogP) is 3.52. The first kappa shape index (κ1) is 20.6. The second-order valence-electron chi connectivity index (χ2n) is 7.13. The van der Waals surface area contributed by atoms with Gasteiger partial charge in [0.25, 0.3) is 0 Å². The Bertz CT molecular complexity index is 970. The van der Waals surface area contributed by atoms with Gasteiger partial charge < -0.3 is 20.7 Å². The largest absolute Gasteiger partial charge is 0.497 e. The van der Waals surface area contributed by atoms with Crippen molar-refractivity contribution in [1.82, 2.24) is 9.88 Å². The molecule has 0 saturated carbocycles. The van der Waals surface area contributed by atoms with Gasteiger partial charge in [-0.3, -0.25) is 4.79 Å². The Balaban J connectivity index is 1.76. The van der Waals surface area contributed by atoms with Crippen LogP contribution in [0.15, 0.2) is 54.6 Å². The van der Waals surface area contributed by atoms with Gasteiger partial charge in [-0.05, 0) is 49.7 Å². The van der Waals surface area contributed by atoms with Crippen LogP contribution in [0.2, 0.25) is 0 Å². The number of carbonyl (C=O) groups excluding carboxylic acids is 1. The Labute approximate surface area is 171 Å². The van der Waals surface area contributed by atoms with Gasteiger partial charge in [-0.2, -0.15) is 0 Å². The number of hydrogen-bond acceptors (Lipinski definition) is 5. The summed E-state index contributed by atoms with van der Waals surface area (Å²) in [5.41, 5.74) is 9.56. The van der Waals surface area contributed by atoms with E-state index in [1.807, 2.05) is 42.5 Å². The fourth-order valence-corrected chi connectivity index (χ4v) is 3.23. The minimum absolute atomic E-state index is 0.0406. The molecular weight excluding hydrogens is 364 g/mol. The van der Waals surface area contributed by atoms with Crippen molar-refractivity contribution in [2.24, 2.45) is 5.73 Å². The summed E-state index contributed by atoms with van der Waals surface area (Å²) < 4.78 is 5.25. The van der Waals surface area contributed by atoms with Crippen LogP contribution >= 0.6 is 0 Å². The molecule has 29 heavy (non-hydrogen) atoms. The van der Waals surface area contributed by atoms with Crippen molar-refractivity contribution in [3.8, 4) is 17.0 Å².